The van der Waals surface area contributed by atoms with Crippen molar-refractivity contribution in [2.24, 2.45) is 0 Å². The van der Waals surface area contributed by atoms with E-state index in [1.165, 1.54) is 26.8 Å². The van der Waals surface area contributed by atoms with Gasteiger partial charge in [0.15, 0.2) is 0 Å². The quantitative estimate of drug-likeness (QED) is 0.533. The average molecular weight is 359 g/mol. The predicted molar refractivity (Wildman–Crippen MR) is 92.9 cm³/mol. The predicted octanol–water partition coefficient (Wildman–Crippen LogP) is 5.71. The molecule has 3 aromatic rings. The molecule has 106 valence electrons. The van der Waals surface area contributed by atoms with Gasteiger partial charge in [0.2, 0.25) is 0 Å². The monoisotopic (exact) mass is 358 g/mol. The van der Waals surface area contributed by atoms with Crippen LogP contribution in [0, 0.1) is 0 Å². The van der Waals surface area contributed by atoms with Gasteiger partial charge in [-0.05, 0) is 52.4 Å². The number of rotatable bonds is 2. The molecule has 1 unspecified atom stereocenters. The summed E-state index contributed by atoms with van der Waals surface area (Å²) in [4.78, 5) is 0.237. The summed E-state index contributed by atoms with van der Waals surface area (Å²) in [5.74, 6) is 1.06. The molecule has 1 nitrogen and oxygen atoms in total. The number of thiophene rings is 1. The molecule has 1 aliphatic rings. The number of benzene rings is 2. The molecule has 0 aliphatic carbocycles. The molecule has 21 heavy (non-hydrogen) atoms. The van der Waals surface area contributed by atoms with Gasteiger partial charge < -0.3 is 4.74 Å². The van der Waals surface area contributed by atoms with Crippen LogP contribution in [0.2, 0.25) is 0 Å². The van der Waals surface area contributed by atoms with Gasteiger partial charge in [-0.25, -0.2) is 0 Å². The van der Waals surface area contributed by atoms with Crippen molar-refractivity contribution in [3.8, 4) is 5.75 Å². The summed E-state index contributed by atoms with van der Waals surface area (Å²) < 4.78 is 7.05. The van der Waals surface area contributed by atoms with E-state index in [0.717, 1.165) is 25.2 Å². The van der Waals surface area contributed by atoms with Gasteiger partial charge in [0.25, 0.3) is 0 Å². The molecule has 1 atom stereocenters. The number of halogens is 1. The van der Waals surface area contributed by atoms with Crippen LogP contribution in [0.5, 0.6) is 5.75 Å². The molecular weight excluding hydrogens is 344 g/mol. The van der Waals surface area contributed by atoms with Crippen LogP contribution in [0.4, 0.5) is 0 Å². The Morgan fingerprint density at radius 2 is 2.05 bits per heavy atom. The van der Waals surface area contributed by atoms with E-state index in [9.17, 15) is 0 Å². The van der Waals surface area contributed by atoms with E-state index in [1.807, 2.05) is 11.3 Å². The van der Waals surface area contributed by atoms with Crippen LogP contribution in [0.3, 0.4) is 0 Å². The van der Waals surface area contributed by atoms with E-state index in [1.54, 1.807) is 0 Å². The minimum absolute atomic E-state index is 0.237. The molecule has 0 N–H and O–H groups in total. The van der Waals surface area contributed by atoms with Crippen molar-refractivity contribution in [1.29, 1.82) is 0 Å². The lowest BCUT2D eigenvalue weighted by Crippen LogP contribution is -2.08. The van der Waals surface area contributed by atoms with Gasteiger partial charge in [0, 0.05) is 4.70 Å². The normalized spacial score (nSPS) is 15.5. The molecule has 1 aromatic heterocycles. The van der Waals surface area contributed by atoms with E-state index in [-0.39, 0.29) is 4.83 Å². The van der Waals surface area contributed by atoms with Crippen molar-refractivity contribution in [1.82, 2.24) is 0 Å². The zero-order chi connectivity index (χ0) is 14.2. The fraction of sp³-hybridized carbons (Fsp3) is 0.222. The largest absolute Gasteiger partial charge is 0.493 e. The summed E-state index contributed by atoms with van der Waals surface area (Å²) in [6, 6.07) is 15.2. The Labute approximate surface area is 136 Å². The highest BCUT2D eigenvalue weighted by Crippen LogP contribution is 2.40. The number of fused-ring (bicyclic) bond motifs is 2. The summed E-state index contributed by atoms with van der Waals surface area (Å²) in [6.07, 6.45) is 2.23. The van der Waals surface area contributed by atoms with E-state index in [0.29, 0.717) is 0 Å². The number of alkyl halides is 1. The molecule has 0 radical (unpaired) electrons. The molecule has 0 fully saturated rings. The highest BCUT2D eigenvalue weighted by atomic mass is 79.9. The summed E-state index contributed by atoms with van der Waals surface area (Å²) in [7, 11) is 0. The molecular formula is C18H15BrOS. The lowest BCUT2D eigenvalue weighted by Gasteiger charge is -2.19. The zero-order valence-corrected chi connectivity index (χ0v) is 13.9. The maximum Gasteiger partial charge on any atom is 0.122 e. The van der Waals surface area contributed by atoms with Crippen molar-refractivity contribution >= 4 is 37.4 Å². The van der Waals surface area contributed by atoms with Crippen LogP contribution in [0.1, 0.15) is 27.9 Å². The number of ether oxygens (including phenoxy) is 1. The van der Waals surface area contributed by atoms with Crippen molar-refractivity contribution in [2.45, 2.75) is 17.7 Å². The standard InChI is InChI=1S/C18H15BrOS/c19-18(15-11-21-17-6-2-1-5-14(15)17)13-7-8-16-12(10-13)4-3-9-20-16/h1-2,5-8,10-11,18H,3-4,9H2. The van der Waals surface area contributed by atoms with Gasteiger partial charge in [-0.1, -0.05) is 46.3 Å². The Kier molecular flexibility index (Phi) is 3.48. The van der Waals surface area contributed by atoms with Gasteiger partial charge in [0.1, 0.15) is 5.75 Å². The van der Waals surface area contributed by atoms with Crippen molar-refractivity contribution in [2.75, 3.05) is 6.61 Å². The van der Waals surface area contributed by atoms with Gasteiger partial charge in [-0.2, -0.15) is 0 Å². The van der Waals surface area contributed by atoms with Crippen LogP contribution in [0.25, 0.3) is 10.1 Å². The first-order valence-electron chi connectivity index (χ1n) is 7.19. The van der Waals surface area contributed by atoms with Crippen LogP contribution in [-0.2, 0) is 6.42 Å². The molecule has 1 aliphatic heterocycles. The van der Waals surface area contributed by atoms with Crippen LogP contribution in [0.15, 0.2) is 47.8 Å². The van der Waals surface area contributed by atoms with Gasteiger partial charge in [-0.3, -0.25) is 0 Å². The minimum atomic E-state index is 0.237. The maximum absolute atomic E-state index is 5.71. The van der Waals surface area contributed by atoms with Gasteiger partial charge in [0.05, 0.1) is 11.4 Å². The van der Waals surface area contributed by atoms with Crippen LogP contribution < -0.4 is 4.74 Å². The highest BCUT2D eigenvalue weighted by molar-refractivity contribution is 9.09. The van der Waals surface area contributed by atoms with Crippen LogP contribution in [-0.4, -0.2) is 6.61 Å². The van der Waals surface area contributed by atoms with E-state index in [4.69, 9.17) is 4.74 Å². The Balaban J connectivity index is 1.75. The Morgan fingerprint density at radius 3 is 3.00 bits per heavy atom. The molecule has 4 rings (SSSR count). The highest BCUT2D eigenvalue weighted by Gasteiger charge is 2.18. The van der Waals surface area contributed by atoms with E-state index < -0.39 is 0 Å². The molecule has 0 saturated heterocycles. The third-order valence-electron chi connectivity index (χ3n) is 4.01. The second-order valence-corrected chi connectivity index (χ2v) is 7.20. The maximum atomic E-state index is 5.71. The third-order valence-corrected chi connectivity index (χ3v) is 6.01. The summed E-state index contributed by atoms with van der Waals surface area (Å²) in [5, 5.41) is 3.61. The molecule has 0 spiro atoms. The first kappa shape index (κ1) is 13.4. The fourth-order valence-electron chi connectivity index (χ4n) is 2.91. The van der Waals surface area contributed by atoms with Crippen molar-refractivity contribution < 1.29 is 4.74 Å². The lowest BCUT2D eigenvalue weighted by atomic mass is 9.99. The molecule has 0 amide bonds. The summed E-state index contributed by atoms with van der Waals surface area (Å²) in [5.41, 5.74) is 4.00. The fourth-order valence-corrected chi connectivity index (χ4v) is 4.74. The number of hydrogen-bond donors (Lipinski definition) is 0. The lowest BCUT2D eigenvalue weighted by molar-refractivity contribution is 0.288. The van der Waals surface area contributed by atoms with Gasteiger partial charge >= 0.3 is 0 Å². The van der Waals surface area contributed by atoms with E-state index in [2.05, 4.69) is 63.8 Å². The third kappa shape index (κ3) is 2.39. The van der Waals surface area contributed by atoms with Gasteiger partial charge in [-0.15, -0.1) is 11.3 Å². The first-order chi connectivity index (χ1) is 10.3. The Bertz CT molecular complexity index is 793. The van der Waals surface area contributed by atoms with E-state index >= 15 is 0 Å². The molecule has 2 heterocycles. The van der Waals surface area contributed by atoms with Crippen molar-refractivity contribution in [3.05, 3.63) is 64.5 Å². The number of hydrogen-bond acceptors (Lipinski definition) is 2. The summed E-state index contributed by atoms with van der Waals surface area (Å²) in [6.45, 7) is 0.846. The second kappa shape index (κ2) is 5.47. The summed E-state index contributed by atoms with van der Waals surface area (Å²) >= 11 is 5.70. The van der Waals surface area contributed by atoms with Crippen LogP contribution >= 0.6 is 27.3 Å². The molecule has 0 saturated carbocycles. The van der Waals surface area contributed by atoms with Crippen molar-refractivity contribution in [3.63, 3.8) is 0 Å². The SMILES string of the molecule is BrC(c1ccc2c(c1)CCCO2)c1csc2ccccc12. The molecule has 2 aromatic carbocycles. The molecule has 0 bridgehead atoms. The molecule has 3 heteroatoms. The first-order valence-corrected chi connectivity index (χ1v) is 8.98. The number of aryl methyl sites for hydroxylation is 1. The minimum Gasteiger partial charge on any atom is -0.493 e. The average Bonchev–Trinajstić information content (AvgIpc) is 2.98. The Hall–Kier alpha value is -1.32. The smallest absolute Gasteiger partial charge is 0.122 e. The Morgan fingerprint density at radius 1 is 1.14 bits per heavy atom. The second-order valence-electron chi connectivity index (χ2n) is 5.37. The topological polar surface area (TPSA) is 9.23 Å². The zero-order valence-electron chi connectivity index (χ0n) is 11.5.